The predicted octanol–water partition coefficient (Wildman–Crippen LogP) is 2.58. The number of amides is 1. The summed E-state index contributed by atoms with van der Waals surface area (Å²) in [6, 6.07) is 13.3. The van der Waals surface area contributed by atoms with Gasteiger partial charge < -0.3 is 0 Å². The first-order valence-corrected chi connectivity index (χ1v) is 9.18. The second-order valence-corrected chi connectivity index (χ2v) is 6.71. The maximum Gasteiger partial charge on any atom is 0.283 e. The molecule has 0 unspecified atom stereocenters. The van der Waals surface area contributed by atoms with E-state index in [1.165, 1.54) is 48.9 Å². The number of benzene rings is 2. The third kappa shape index (κ3) is 4.08. The Bertz CT molecular complexity index is 1370. The number of hydrogen-bond acceptors (Lipinski definition) is 6. The highest BCUT2D eigenvalue weighted by molar-refractivity contribution is 5.97. The molecule has 0 spiro atoms. The number of hydrogen-bond donors (Lipinski definition) is 1. The Morgan fingerprint density at radius 3 is 2.52 bits per heavy atom. The standard InChI is InChI=1S/C21H16N6O4/c1-14-2-7-16(8-3-14)26-20-18(12-23-26)21(29)25(13-22-20)24-19(28)11-6-15-4-9-17(10-5-15)27(30)31/h2-13H,1H3,(H,24,28). The minimum atomic E-state index is -0.562. The number of fused-ring (bicyclic) bond motifs is 1. The van der Waals surface area contributed by atoms with Crippen LogP contribution in [0.2, 0.25) is 0 Å². The summed E-state index contributed by atoms with van der Waals surface area (Å²) in [5.41, 5.74) is 4.75. The van der Waals surface area contributed by atoms with Crippen molar-refractivity contribution >= 4 is 28.7 Å². The first-order valence-electron chi connectivity index (χ1n) is 9.18. The van der Waals surface area contributed by atoms with Crippen LogP contribution in [-0.2, 0) is 4.79 Å². The number of carbonyl (C=O) groups is 1. The summed E-state index contributed by atoms with van der Waals surface area (Å²) in [6.45, 7) is 1.97. The van der Waals surface area contributed by atoms with Crippen LogP contribution in [-0.4, -0.2) is 30.3 Å². The molecule has 2 aromatic heterocycles. The van der Waals surface area contributed by atoms with E-state index >= 15 is 0 Å². The summed E-state index contributed by atoms with van der Waals surface area (Å²) < 4.78 is 2.53. The smallest absolute Gasteiger partial charge is 0.268 e. The molecular formula is C21H16N6O4. The van der Waals surface area contributed by atoms with Crippen molar-refractivity contribution in [2.75, 3.05) is 5.43 Å². The summed E-state index contributed by atoms with van der Waals surface area (Å²) in [5, 5.41) is 15.2. The van der Waals surface area contributed by atoms with E-state index in [2.05, 4.69) is 15.5 Å². The molecule has 0 radical (unpaired) electrons. The van der Waals surface area contributed by atoms with Crippen LogP contribution in [0.1, 0.15) is 11.1 Å². The van der Waals surface area contributed by atoms with Crippen LogP contribution in [0.4, 0.5) is 5.69 Å². The predicted molar refractivity (Wildman–Crippen MR) is 114 cm³/mol. The van der Waals surface area contributed by atoms with Crippen molar-refractivity contribution in [3.8, 4) is 5.69 Å². The lowest BCUT2D eigenvalue weighted by atomic mass is 10.2. The molecule has 1 N–H and O–H groups in total. The van der Waals surface area contributed by atoms with Gasteiger partial charge in [-0.3, -0.25) is 25.1 Å². The van der Waals surface area contributed by atoms with E-state index in [9.17, 15) is 19.7 Å². The number of aryl methyl sites for hydroxylation is 1. The molecular weight excluding hydrogens is 400 g/mol. The Balaban J connectivity index is 1.54. The summed E-state index contributed by atoms with van der Waals surface area (Å²) >= 11 is 0. The Morgan fingerprint density at radius 2 is 1.84 bits per heavy atom. The number of nitrogens with one attached hydrogen (secondary N) is 1. The van der Waals surface area contributed by atoms with E-state index in [0.29, 0.717) is 11.2 Å². The summed E-state index contributed by atoms with van der Waals surface area (Å²) in [5.74, 6) is -0.562. The number of non-ortho nitro benzene ring substituents is 1. The second kappa shape index (κ2) is 8.03. The minimum Gasteiger partial charge on any atom is -0.268 e. The van der Waals surface area contributed by atoms with Crippen molar-refractivity contribution in [1.29, 1.82) is 0 Å². The van der Waals surface area contributed by atoms with Gasteiger partial charge in [-0.25, -0.2) is 14.3 Å². The summed E-state index contributed by atoms with van der Waals surface area (Å²) in [7, 11) is 0. The Kier molecular flexibility index (Phi) is 5.10. The zero-order valence-corrected chi connectivity index (χ0v) is 16.3. The molecule has 0 atom stereocenters. The highest BCUT2D eigenvalue weighted by atomic mass is 16.6. The van der Waals surface area contributed by atoms with Crippen molar-refractivity contribution < 1.29 is 9.72 Å². The molecule has 0 aliphatic heterocycles. The van der Waals surface area contributed by atoms with Gasteiger partial charge in [0.15, 0.2) is 5.65 Å². The second-order valence-electron chi connectivity index (χ2n) is 6.71. The van der Waals surface area contributed by atoms with Crippen molar-refractivity contribution in [3.63, 3.8) is 0 Å². The van der Waals surface area contributed by atoms with E-state index < -0.39 is 16.4 Å². The average molecular weight is 416 g/mol. The number of rotatable bonds is 5. The minimum absolute atomic E-state index is 0.0429. The Labute approximate surface area is 175 Å². The molecule has 4 aromatic rings. The van der Waals surface area contributed by atoms with E-state index in [1.807, 2.05) is 31.2 Å². The fourth-order valence-electron chi connectivity index (χ4n) is 2.90. The van der Waals surface area contributed by atoms with E-state index in [1.54, 1.807) is 4.68 Å². The number of nitro benzene ring substituents is 1. The molecule has 154 valence electrons. The van der Waals surface area contributed by atoms with E-state index in [0.717, 1.165) is 15.9 Å². The van der Waals surface area contributed by atoms with Crippen LogP contribution in [0, 0.1) is 17.0 Å². The lowest BCUT2D eigenvalue weighted by Gasteiger charge is -2.06. The Morgan fingerprint density at radius 1 is 1.13 bits per heavy atom. The van der Waals surface area contributed by atoms with Crippen molar-refractivity contribution in [3.05, 3.63) is 98.7 Å². The van der Waals surface area contributed by atoms with Gasteiger partial charge in [0, 0.05) is 18.2 Å². The topological polar surface area (TPSA) is 125 Å². The van der Waals surface area contributed by atoms with Gasteiger partial charge in [-0.1, -0.05) is 17.7 Å². The van der Waals surface area contributed by atoms with Crippen LogP contribution in [0.3, 0.4) is 0 Å². The molecule has 10 heteroatoms. The molecule has 1 amide bonds. The number of nitro groups is 1. The zero-order chi connectivity index (χ0) is 22.0. The quantitative estimate of drug-likeness (QED) is 0.303. The van der Waals surface area contributed by atoms with Gasteiger partial charge in [0.1, 0.15) is 11.7 Å². The van der Waals surface area contributed by atoms with Crippen LogP contribution in [0.25, 0.3) is 22.8 Å². The molecule has 2 heterocycles. The summed E-state index contributed by atoms with van der Waals surface area (Å²) in [4.78, 5) is 39.3. The number of aromatic nitrogens is 4. The molecule has 0 aliphatic carbocycles. The summed E-state index contributed by atoms with van der Waals surface area (Å²) in [6.07, 6.45) is 5.31. The van der Waals surface area contributed by atoms with Crippen LogP contribution in [0.5, 0.6) is 0 Å². The van der Waals surface area contributed by atoms with Gasteiger partial charge in [0.05, 0.1) is 16.8 Å². The maximum absolute atomic E-state index is 12.7. The van der Waals surface area contributed by atoms with Gasteiger partial charge in [-0.2, -0.15) is 5.10 Å². The van der Waals surface area contributed by atoms with Crippen molar-refractivity contribution in [1.82, 2.24) is 19.4 Å². The van der Waals surface area contributed by atoms with Gasteiger partial charge in [-0.05, 0) is 42.8 Å². The largest absolute Gasteiger partial charge is 0.283 e. The molecule has 0 saturated carbocycles. The van der Waals surface area contributed by atoms with Crippen LogP contribution >= 0.6 is 0 Å². The fourth-order valence-corrected chi connectivity index (χ4v) is 2.90. The highest BCUT2D eigenvalue weighted by Crippen LogP contribution is 2.14. The van der Waals surface area contributed by atoms with Gasteiger partial charge >= 0.3 is 0 Å². The zero-order valence-electron chi connectivity index (χ0n) is 16.3. The first-order chi connectivity index (χ1) is 14.9. The van der Waals surface area contributed by atoms with Gasteiger partial charge in [0.25, 0.3) is 17.2 Å². The van der Waals surface area contributed by atoms with Crippen molar-refractivity contribution in [2.45, 2.75) is 6.92 Å². The SMILES string of the molecule is Cc1ccc(-n2ncc3c(=O)n(NC(=O)C=Cc4ccc([N+](=O)[O-])cc4)cnc32)cc1. The van der Waals surface area contributed by atoms with Gasteiger partial charge in [0.2, 0.25) is 0 Å². The third-order valence-electron chi connectivity index (χ3n) is 4.53. The number of carbonyl (C=O) groups excluding carboxylic acids is 1. The molecule has 2 aromatic carbocycles. The molecule has 0 fully saturated rings. The molecule has 10 nitrogen and oxygen atoms in total. The van der Waals surface area contributed by atoms with E-state index in [4.69, 9.17) is 0 Å². The monoisotopic (exact) mass is 416 g/mol. The average Bonchev–Trinajstić information content (AvgIpc) is 3.20. The van der Waals surface area contributed by atoms with Crippen LogP contribution in [0.15, 0.2) is 71.9 Å². The molecule has 0 saturated heterocycles. The fraction of sp³-hybridized carbons (Fsp3) is 0.0476. The number of nitrogens with zero attached hydrogens (tertiary/aromatic N) is 5. The third-order valence-corrected chi connectivity index (χ3v) is 4.53. The van der Waals surface area contributed by atoms with Gasteiger partial charge in [-0.15, -0.1) is 0 Å². The highest BCUT2D eigenvalue weighted by Gasteiger charge is 2.12. The lowest BCUT2D eigenvalue weighted by molar-refractivity contribution is -0.384. The Hall–Kier alpha value is -4.60. The normalized spacial score (nSPS) is 11.1. The van der Waals surface area contributed by atoms with E-state index in [-0.39, 0.29) is 11.1 Å². The lowest BCUT2D eigenvalue weighted by Crippen LogP contribution is -2.32. The molecule has 0 aliphatic rings. The first kappa shape index (κ1) is 19.7. The molecule has 4 rings (SSSR count). The molecule has 0 bridgehead atoms. The maximum atomic E-state index is 12.7. The molecule has 31 heavy (non-hydrogen) atoms. The van der Waals surface area contributed by atoms with Crippen molar-refractivity contribution in [2.24, 2.45) is 0 Å². The van der Waals surface area contributed by atoms with Crippen LogP contribution < -0.4 is 11.0 Å².